The highest BCUT2D eigenvalue weighted by Gasteiger charge is 2.10. The van der Waals surface area contributed by atoms with E-state index in [2.05, 4.69) is 28.1 Å². The van der Waals surface area contributed by atoms with Crippen molar-refractivity contribution in [3.05, 3.63) is 126 Å². The predicted octanol–water partition coefficient (Wildman–Crippen LogP) is 6.17. The van der Waals surface area contributed by atoms with Crippen LogP contribution in [0.5, 0.6) is 0 Å². The number of hydrogen-bond acceptors (Lipinski definition) is 2. The van der Waals surface area contributed by atoms with Crippen molar-refractivity contribution in [3.8, 4) is 0 Å². The number of amides is 3. The SMILES string of the molecule is O=C(Nc1ccccc1)Nc1ccc(C(=O)Nc2ccccc2Cc2ccccc2)cc1. The Morgan fingerprint density at radius 1 is 0.562 bits per heavy atom. The highest BCUT2D eigenvalue weighted by molar-refractivity contribution is 6.05. The van der Waals surface area contributed by atoms with Crippen molar-refractivity contribution in [2.45, 2.75) is 6.42 Å². The van der Waals surface area contributed by atoms with Gasteiger partial charge in [-0.1, -0.05) is 66.7 Å². The largest absolute Gasteiger partial charge is 0.323 e. The summed E-state index contributed by atoms with van der Waals surface area (Å²) < 4.78 is 0. The number of carbonyl (C=O) groups excluding carboxylic acids is 2. The topological polar surface area (TPSA) is 70.2 Å². The smallest absolute Gasteiger partial charge is 0.322 e. The maximum absolute atomic E-state index is 12.8. The maximum atomic E-state index is 12.8. The molecular formula is C27H23N3O2. The van der Waals surface area contributed by atoms with E-state index >= 15 is 0 Å². The average molecular weight is 422 g/mol. The van der Waals surface area contributed by atoms with Crippen molar-refractivity contribution in [2.75, 3.05) is 16.0 Å². The Bertz CT molecular complexity index is 1190. The van der Waals surface area contributed by atoms with Crippen molar-refractivity contribution in [1.29, 1.82) is 0 Å². The van der Waals surface area contributed by atoms with Crippen LogP contribution in [0.25, 0.3) is 0 Å². The molecule has 158 valence electrons. The molecule has 4 rings (SSSR count). The van der Waals surface area contributed by atoms with Crippen LogP contribution in [0.2, 0.25) is 0 Å². The van der Waals surface area contributed by atoms with Gasteiger partial charge in [0.15, 0.2) is 0 Å². The summed E-state index contributed by atoms with van der Waals surface area (Å²) >= 11 is 0. The standard InChI is InChI=1S/C27H23N3O2/c31-26(30-25-14-8-7-11-22(25)19-20-9-3-1-4-10-20)21-15-17-24(18-16-21)29-27(32)28-23-12-5-2-6-13-23/h1-18H,19H2,(H,30,31)(H2,28,29,32). The van der Waals surface area contributed by atoms with Crippen molar-refractivity contribution in [1.82, 2.24) is 0 Å². The molecule has 0 aliphatic heterocycles. The van der Waals surface area contributed by atoms with Gasteiger partial charge >= 0.3 is 6.03 Å². The van der Waals surface area contributed by atoms with Crippen LogP contribution in [0.3, 0.4) is 0 Å². The normalized spacial score (nSPS) is 10.2. The second-order valence-electron chi connectivity index (χ2n) is 7.30. The molecule has 0 saturated carbocycles. The Morgan fingerprint density at radius 3 is 1.81 bits per heavy atom. The van der Waals surface area contributed by atoms with Gasteiger partial charge in [-0.3, -0.25) is 4.79 Å². The number of nitrogens with one attached hydrogen (secondary N) is 3. The molecule has 0 aliphatic rings. The second-order valence-corrected chi connectivity index (χ2v) is 7.30. The number of urea groups is 1. The fourth-order valence-corrected chi connectivity index (χ4v) is 3.33. The van der Waals surface area contributed by atoms with Crippen LogP contribution in [-0.2, 0) is 6.42 Å². The van der Waals surface area contributed by atoms with Crippen molar-refractivity contribution < 1.29 is 9.59 Å². The minimum Gasteiger partial charge on any atom is -0.322 e. The average Bonchev–Trinajstić information content (AvgIpc) is 2.82. The molecule has 32 heavy (non-hydrogen) atoms. The lowest BCUT2D eigenvalue weighted by molar-refractivity contribution is 0.102. The summed E-state index contributed by atoms with van der Waals surface area (Å²) in [5.41, 5.74) is 4.82. The van der Waals surface area contributed by atoms with Crippen LogP contribution in [0.15, 0.2) is 109 Å². The van der Waals surface area contributed by atoms with E-state index in [0.717, 1.165) is 17.7 Å². The Labute approximate surface area is 187 Å². The van der Waals surface area contributed by atoms with Crippen molar-refractivity contribution in [3.63, 3.8) is 0 Å². The quantitative estimate of drug-likeness (QED) is 0.348. The monoisotopic (exact) mass is 421 g/mol. The van der Waals surface area contributed by atoms with Crippen LogP contribution in [-0.4, -0.2) is 11.9 Å². The van der Waals surface area contributed by atoms with Gasteiger partial charge in [-0.25, -0.2) is 4.79 Å². The summed E-state index contributed by atoms with van der Waals surface area (Å²) in [5.74, 6) is -0.203. The summed E-state index contributed by atoms with van der Waals surface area (Å²) in [5, 5.41) is 8.52. The maximum Gasteiger partial charge on any atom is 0.323 e. The molecule has 0 unspecified atom stereocenters. The molecule has 3 amide bonds. The van der Waals surface area contributed by atoms with E-state index in [-0.39, 0.29) is 11.9 Å². The van der Waals surface area contributed by atoms with Gasteiger partial charge in [0.1, 0.15) is 0 Å². The zero-order valence-corrected chi connectivity index (χ0v) is 17.4. The van der Waals surface area contributed by atoms with Gasteiger partial charge in [0.05, 0.1) is 0 Å². The number of rotatable bonds is 6. The molecular weight excluding hydrogens is 398 g/mol. The molecule has 4 aromatic carbocycles. The summed E-state index contributed by atoms with van der Waals surface area (Å²) in [4.78, 5) is 24.9. The van der Waals surface area contributed by atoms with Crippen molar-refractivity contribution >= 4 is 29.0 Å². The number of para-hydroxylation sites is 2. The van der Waals surface area contributed by atoms with E-state index in [1.165, 1.54) is 5.56 Å². The molecule has 0 heterocycles. The Balaban J connectivity index is 1.39. The van der Waals surface area contributed by atoms with Crippen LogP contribution < -0.4 is 16.0 Å². The molecule has 0 atom stereocenters. The number of anilines is 3. The first kappa shape index (κ1) is 20.9. The Morgan fingerprint density at radius 2 is 1.12 bits per heavy atom. The number of hydrogen-bond donors (Lipinski definition) is 3. The van der Waals surface area contributed by atoms with E-state index < -0.39 is 0 Å². The van der Waals surface area contributed by atoms with Gasteiger partial charge in [-0.15, -0.1) is 0 Å². The first-order valence-electron chi connectivity index (χ1n) is 10.3. The summed E-state index contributed by atoms with van der Waals surface area (Å²) in [7, 11) is 0. The molecule has 0 fully saturated rings. The fourth-order valence-electron chi connectivity index (χ4n) is 3.33. The minimum absolute atomic E-state index is 0.203. The Hall–Kier alpha value is -4.38. The fraction of sp³-hybridized carbons (Fsp3) is 0.0370. The highest BCUT2D eigenvalue weighted by atomic mass is 16.2. The Kier molecular flexibility index (Phi) is 6.58. The van der Waals surface area contributed by atoms with Gasteiger partial charge in [0, 0.05) is 22.6 Å². The first-order chi connectivity index (χ1) is 15.7. The van der Waals surface area contributed by atoms with E-state index in [0.29, 0.717) is 16.9 Å². The third-order valence-corrected chi connectivity index (χ3v) is 4.94. The molecule has 0 aliphatic carbocycles. The number of carbonyl (C=O) groups is 2. The van der Waals surface area contributed by atoms with Gasteiger partial charge < -0.3 is 16.0 Å². The molecule has 4 aromatic rings. The zero-order valence-electron chi connectivity index (χ0n) is 17.4. The van der Waals surface area contributed by atoms with Crippen LogP contribution in [0.1, 0.15) is 21.5 Å². The molecule has 3 N–H and O–H groups in total. The van der Waals surface area contributed by atoms with E-state index in [1.807, 2.05) is 72.8 Å². The lowest BCUT2D eigenvalue weighted by Gasteiger charge is -2.12. The summed E-state index contributed by atoms with van der Waals surface area (Å²) in [6.45, 7) is 0. The van der Waals surface area contributed by atoms with Crippen LogP contribution in [0.4, 0.5) is 21.9 Å². The molecule has 0 saturated heterocycles. The lowest BCUT2D eigenvalue weighted by atomic mass is 10.0. The third kappa shape index (κ3) is 5.61. The summed E-state index contributed by atoms with van der Waals surface area (Å²) in [6.07, 6.45) is 0.733. The van der Waals surface area contributed by atoms with Gasteiger partial charge in [0.25, 0.3) is 5.91 Å². The number of benzene rings is 4. The zero-order chi connectivity index (χ0) is 22.2. The second kappa shape index (κ2) is 10.1. The molecule has 0 aromatic heterocycles. The predicted molar refractivity (Wildman–Crippen MR) is 129 cm³/mol. The first-order valence-corrected chi connectivity index (χ1v) is 10.3. The van der Waals surface area contributed by atoms with Crippen molar-refractivity contribution in [2.24, 2.45) is 0 Å². The van der Waals surface area contributed by atoms with Gasteiger partial charge in [0.2, 0.25) is 0 Å². The van der Waals surface area contributed by atoms with E-state index in [1.54, 1.807) is 24.3 Å². The molecule has 0 bridgehead atoms. The van der Waals surface area contributed by atoms with Crippen LogP contribution in [0, 0.1) is 0 Å². The van der Waals surface area contributed by atoms with Crippen LogP contribution >= 0.6 is 0 Å². The lowest BCUT2D eigenvalue weighted by Crippen LogP contribution is -2.19. The molecule has 5 nitrogen and oxygen atoms in total. The van der Waals surface area contributed by atoms with E-state index in [4.69, 9.17) is 0 Å². The summed E-state index contributed by atoms with van der Waals surface area (Å²) in [6, 6.07) is 33.6. The molecule has 5 heteroatoms. The molecule has 0 spiro atoms. The van der Waals surface area contributed by atoms with Gasteiger partial charge in [-0.2, -0.15) is 0 Å². The van der Waals surface area contributed by atoms with Gasteiger partial charge in [-0.05, 0) is 60.0 Å². The minimum atomic E-state index is -0.344. The third-order valence-electron chi connectivity index (χ3n) is 4.94. The molecule has 0 radical (unpaired) electrons. The van der Waals surface area contributed by atoms with E-state index in [9.17, 15) is 9.59 Å². The highest BCUT2D eigenvalue weighted by Crippen LogP contribution is 2.20.